The third kappa shape index (κ3) is 3.82. The average Bonchev–Trinajstić information content (AvgIpc) is 3.23. The van der Waals surface area contributed by atoms with Gasteiger partial charge in [-0.2, -0.15) is 0 Å². The average molecular weight is 479 g/mol. The Kier molecular flexibility index (Phi) is 5.45. The number of hydrogen-bond acceptors (Lipinski definition) is 7. The number of aromatic nitrogens is 2. The van der Waals surface area contributed by atoms with Crippen molar-refractivity contribution in [3.63, 3.8) is 0 Å². The van der Waals surface area contributed by atoms with Crippen LogP contribution >= 0.6 is 11.3 Å². The highest BCUT2D eigenvalue weighted by atomic mass is 32.1. The minimum atomic E-state index is -0.765. The highest BCUT2D eigenvalue weighted by Crippen LogP contribution is 2.33. The van der Waals surface area contributed by atoms with Gasteiger partial charge in [0.1, 0.15) is 10.7 Å². The summed E-state index contributed by atoms with van der Waals surface area (Å²) in [6, 6.07) is 7.29. The number of hydrogen-bond donors (Lipinski definition) is 1. The van der Waals surface area contributed by atoms with Crippen LogP contribution in [0.25, 0.3) is 10.2 Å². The molecule has 1 fully saturated rings. The summed E-state index contributed by atoms with van der Waals surface area (Å²) < 4.78 is 5.45. The lowest BCUT2D eigenvalue weighted by molar-refractivity contribution is -0.143. The van der Waals surface area contributed by atoms with Crippen molar-refractivity contribution in [2.24, 2.45) is 0 Å². The number of rotatable bonds is 3. The number of aromatic amines is 1. The molecule has 1 aromatic carbocycles. The maximum absolute atomic E-state index is 13.0. The van der Waals surface area contributed by atoms with Gasteiger partial charge in [-0.3, -0.25) is 14.5 Å². The second kappa shape index (κ2) is 8.63. The van der Waals surface area contributed by atoms with E-state index in [1.165, 1.54) is 16.9 Å². The Labute approximate surface area is 200 Å². The summed E-state index contributed by atoms with van der Waals surface area (Å²) in [6.07, 6.45) is 3.98. The van der Waals surface area contributed by atoms with Crippen LogP contribution in [0, 0.1) is 0 Å². The molecular formula is C25H26N4O4S. The topological polar surface area (TPSA) is 95.6 Å². The van der Waals surface area contributed by atoms with Crippen LogP contribution in [0.5, 0.6) is 0 Å². The van der Waals surface area contributed by atoms with Gasteiger partial charge in [0.05, 0.1) is 17.5 Å². The van der Waals surface area contributed by atoms with Crippen LogP contribution in [0.15, 0.2) is 29.1 Å². The second-order valence-electron chi connectivity index (χ2n) is 9.26. The summed E-state index contributed by atoms with van der Waals surface area (Å²) in [5, 5.41) is 0.780. The monoisotopic (exact) mass is 478 g/mol. The van der Waals surface area contributed by atoms with Gasteiger partial charge >= 0.3 is 5.97 Å². The van der Waals surface area contributed by atoms with Crippen LogP contribution in [0.4, 0.5) is 0 Å². The number of esters is 1. The fourth-order valence-corrected chi connectivity index (χ4v) is 6.58. The normalized spacial score (nSPS) is 20.6. The number of carbonyl (C=O) groups is 2. The number of benzene rings is 1. The lowest BCUT2D eigenvalue weighted by atomic mass is 9.97. The SMILES string of the molecule is O=C1O[C@@H](C(=O)N2CCN(Cc3nc4sc5c(c4c(=O)[nH]3)CCCC5)CC2)Cc2ccccc21. The predicted octanol–water partition coefficient (Wildman–Crippen LogP) is 2.29. The Morgan fingerprint density at radius 3 is 2.76 bits per heavy atom. The number of fused-ring (bicyclic) bond motifs is 4. The molecule has 3 aliphatic rings. The Balaban J connectivity index is 1.10. The number of cyclic esters (lactones) is 1. The van der Waals surface area contributed by atoms with Gasteiger partial charge in [-0.05, 0) is 42.9 Å². The molecule has 0 saturated carbocycles. The maximum atomic E-state index is 13.0. The van der Waals surface area contributed by atoms with Crippen LogP contribution in [0.2, 0.25) is 0 Å². The highest BCUT2D eigenvalue weighted by Gasteiger charge is 2.35. The van der Waals surface area contributed by atoms with Crippen molar-refractivity contribution in [1.29, 1.82) is 0 Å². The molecule has 1 N–H and O–H groups in total. The number of piperazine rings is 1. The van der Waals surface area contributed by atoms with E-state index in [1.807, 2.05) is 12.1 Å². The minimum absolute atomic E-state index is 0.0346. The van der Waals surface area contributed by atoms with Gasteiger partial charge in [0.2, 0.25) is 0 Å². The molecular weight excluding hydrogens is 452 g/mol. The van der Waals surface area contributed by atoms with E-state index in [9.17, 15) is 14.4 Å². The molecule has 6 rings (SSSR count). The summed E-state index contributed by atoms with van der Waals surface area (Å²) in [6.45, 7) is 2.99. The number of nitrogens with one attached hydrogen (secondary N) is 1. The van der Waals surface area contributed by atoms with Crippen molar-refractivity contribution in [3.05, 3.63) is 62.0 Å². The molecule has 2 aliphatic heterocycles. The fourth-order valence-electron chi connectivity index (χ4n) is 5.29. The van der Waals surface area contributed by atoms with Gasteiger partial charge in [0, 0.05) is 37.5 Å². The van der Waals surface area contributed by atoms with E-state index < -0.39 is 12.1 Å². The van der Waals surface area contributed by atoms with Crippen LogP contribution in [-0.4, -0.2) is 63.9 Å². The molecule has 34 heavy (non-hydrogen) atoms. The summed E-state index contributed by atoms with van der Waals surface area (Å²) in [5.41, 5.74) is 2.56. The molecule has 0 radical (unpaired) electrons. The zero-order valence-electron chi connectivity index (χ0n) is 18.8. The number of aryl methyl sites for hydroxylation is 2. The summed E-state index contributed by atoms with van der Waals surface area (Å²) in [4.78, 5) is 52.0. The van der Waals surface area contributed by atoms with Crippen molar-refractivity contribution in [1.82, 2.24) is 19.8 Å². The van der Waals surface area contributed by atoms with E-state index in [-0.39, 0.29) is 11.5 Å². The Bertz CT molecular complexity index is 1340. The molecule has 0 bridgehead atoms. The summed E-state index contributed by atoms with van der Waals surface area (Å²) in [5.74, 6) is 0.104. The fraction of sp³-hybridized carbons (Fsp3) is 0.440. The zero-order chi connectivity index (χ0) is 23.2. The van der Waals surface area contributed by atoms with Crippen LogP contribution in [0.3, 0.4) is 0 Å². The summed E-state index contributed by atoms with van der Waals surface area (Å²) in [7, 11) is 0. The van der Waals surface area contributed by atoms with Crippen molar-refractivity contribution in [2.75, 3.05) is 26.2 Å². The first-order chi connectivity index (χ1) is 16.6. The minimum Gasteiger partial charge on any atom is -0.448 e. The quantitative estimate of drug-likeness (QED) is 0.581. The third-order valence-electron chi connectivity index (χ3n) is 7.10. The van der Waals surface area contributed by atoms with Crippen LogP contribution in [-0.2, 0) is 35.3 Å². The van der Waals surface area contributed by atoms with E-state index in [1.54, 1.807) is 28.4 Å². The highest BCUT2D eigenvalue weighted by molar-refractivity contribution is 7.18. The van der Waals surface area contributed by atoms with Crippen LogP contribution < -0.4 is 5.56 Å². The van der Waals surface area contributed by atoms with E-state index in [0.29, 0.717) is 50.5 Å². The largest absolute Gasteiger partial charge is 0.448 e. The number of ether oxygens (including phenoxy) is 1. The van der Waals surface area contributed by atoms with E-state index in [0.717, 1.165) is 35.0 Å². The molecule has 0 spiro atoms. The molecule has 1 amide bonds. The molecule has 8 nitrogen and oxygen atoms in total. The first kappa shape index (κ1) is 21.5. The second-order valence-corrected chi connectivity index (χ2v) is 10.3. The predicted molar refractivity (Wildman–Crippen MR) is 128 cm³/mol. The Morgan fingerprint density at radius 2 is 1.91 bits per heavy atom. The molecule has 1 atom stereocenters. The molecule has 2 aromatic heterocycles. The number of carbonyl (C=O) groups excluding carboxylic acids is 2. The van der Waals surface area contributed by atoms with Gasteiger partial charge in [0.25, 0.3) is 11.5 Å². The number of H-pyrrole nitrogens is 1. The lowest BCUT2D eigenvalue weighted by Crippen LogP contribution is -2.53. The zero-order valence-corrected chi connectivity index (χ0v) is 19.7. The molecule has 4 heterocycles. The van der Waals surface area contributed by atoms with Crippen molar-refractivity contribution in [2.45, 2.75) is 44.8 Å². The smallest absolute Gasteiger partial charge is 0.339 e. The van der Waals surface area contributed by atoms with E-state index in [2.05, 4.69) is 9.88 Å². The third-order valence-corrected chi connectivity index (χ3v) is 8.28. The first-order valence-corrected chi connectivity index (χ1v) is 12.7. The maximum Gasteiger partial charge on any atom is 0.339 e. The molecule has 3 aromatic rings. The molecule has 1 aliphatic carbocycles. The van der Waals surface area contributed by atoms with Gasteiger partial charge in [-0.1, -0.05) is 18.2 Å². The van der Waals surface area contributed by atoms with E-state index in [4.69, 9.17) is 9.72 Å². The van der Waals surface area contributed by atoms with Crippen molar-refractivity contribution in [3.8, 4) is 0 Å². The van der Waals surface area contributed by atoms with Gasteiger partial charge in [-0.15, -0.1) is 11.3 Å². The lowest BCUT2D eigenvalue weighted by Gasteiger charge is -2.36. The molecule has 1 saturated heterocycles. The van der Waals surface area contributed by atoms with Gasteiger partial charge < -0.3 is 14.6 Å². The first-order valence-electron chi connectivity index (χ1n) is 11.9. The molecule has 9 heteroatoms. The van der Waals surface area contributed by atoms with Crippen LogP contribution in [0.1, 0.15) is 45.0 Å². The van der Waals surface area contributed by atoms with Crippen molar-refractivity contribution >= 4 is 33.4 Å². The Morgan fingerprint density at radius 1 is 1.12 bits per heavy atom. The molecule has 176 valence electrons. The molecule has 0 unspecified atom stereocenters. The van der Waals surface area contributed by atoms with Gasteiger partial charge in [0.15, 0.2) is 6.10 Å². The Hall–Kier alpha value is -3.04. The number of amides is 1. The van der Waals surface area contributed by atoms with Gasteiger partial charge in [-0.25, -0.2) is 9.78 Å². The number of thiophene rings is 1. The number of nitrogens with zero attached hydrogens (tertiary/aromatic N) is 3. The standard InChI is InChI=1S/C25H26N4O4S/c30-22-21-17-7-3-4-8-19(17)34-23(21)27-20(26-22)14-28-9-11-29(12-10-28)24(31)18-13-15-5-1-2-6-16(15)25(32)33-18/h1-2,5-6,18H,3-4,7-14H2,(H,26,27,30)/t18-/m1/s1. The van der Waals surface area contributed by atoms with E-state index >= 15 is 0 Å². The summed E-state index contributed by atoms with van der Waals surface area (Å²) >= 11 is 1.66. The van der Waals surface area contributed by atoms with Crippen molar-refractivity contribution < 1.29 is 14.3 Å².